The van der Waals surface area contributed by atoms with Crippen LogP contribution in [0, 0.1) is 11.7 Å². The molecular weight excluding hydrogens is 203 g/mol. The highest BCUT2D eigenvalue weighted by Gasteiger charge is 2.18. The number of hydrogen-bond donors (Lipinski definition) is 1. The van der Waals surface area contributed by atoms with Crippen molar-refractivity contribution in [2.24, 2.45) is 5.92 Å². The van der Waals surface area contributed by atoms with Crippen molar-refractivity contribution in [3.05, 3.63) is 35.6 Å². The second-order valence-electron chi connectivity index (χ2n) is 4.67. The van der Waals surface area contributed by atoms with Gasteiger partial charge in [-0.3, -0.25) is 0 Å². The molecule has 1 saturated heterocycles. The summed E-state index contributed by atoms with van der Waals surface area (Å²) in [5, 5.41) is 3.43. The van der Waals surface area contributed by atoms with E-state index in [4.69, 9.17) is 0 Å². The molecule has 88 valence electrons. The zero-order valence-corrected chi connectivity index (χ0v) is 9.75. The average molecular weight is 222 g/mol. The van der Waals surface area contributed by atoms with Gasteiger partial charge in [-0.1, -0.05) is 12.1 Å². The Bertz CT molecular complexity index is 323. The van der Waals surface area contributed by atoms with Gasteiger partial charge in [0.15, 0.2) is 0 Å². The van der Waals surface area contributed by atoms with E-state index in [-0.39, 0.29) is 5.82 Å². The summed E-state index contributed by atoms with van der Waals surface area (Å²) in [5.41, 5.74) is 1.15. The van der Waals surface area contributed by atoms with Crippen LogP contribution >= 0.6 is 0 Å². The van der Waals surface area contributed by atoms with Crippen molar-refractivity contribution in [2.75, 3.05) is 26.7 Å². The van der Waals surface area contributed by atoms with E-state index in [1.807, 2.05) is 12.1 Å². The molecule has 0 saturated carbocycles. The van der Waals surface area contributed by atoms with Crippen molar-refractivity contribution < 1.29 is 4.39 Å². The maximum absolute atomic E-state index is 12.7. The van der Waals surface area contributed by atoms with Gasteiger partial charge in [-0.25, -0.2) is 4.39 Å². The minimum atomic E-state index is -0.166. The number of nitrogens with one attached hydrogen (secondary N) is 1. The van der Waals surface area contributed by atoms with E-state index in [0.717, 1.165) is 24.6 Å². The maximum atomic E-state index is 12.7. The molecule has 1 fully saturated rings. The second-order valence-corrected chi connectivity index (χ2v) is 4.67. The zero-order chi connectivity index (χ0) is 11.4. The Morgan fingerprint density at radius 1 is 1.38 bits per heavy atom. The summed E-state index contributed by atoms with van der Waals surface area (Å²) < 4.78 is 12.7. The molecule has 1 aromatic rings. The Hall–Kier alpha value is -0.930. The number of likely N-dealkylation sites (tertiary alicyclic amines) is 1. The van der Waals surface area contributed by atoms with E-state index in [0.29, 0.717) is 0 Å². The van der Waals surface area contributed by atoms with Crippen LogP contribution in [-0.4, -0.2) is 31.6 Å². The fraction of sp³-hybridized carbons (Fsp3) is 0.538. The fourth-order valence-electron chi connectivity index (χ4n) is 2.22. The number of hydrogen-bond acceptors (Lipinski definition) is 2. The summed E-state index contributed by atoms with van der Waals surface area (Å²) in [6.45, 7) is 4.29. The zero-order valence-electron chi connectivity index (χ0n) is 9.75. The van der Waals surface area contributed by atoms with E-state index >= 15 is 0 Å². The second kappa shape index (κ2) is 5.41. The molecule has 0 aliphatic carbocycles. The van der Waals surface area contributed by atoms with Crippen LogP contribution in [0.1, 0.15) is 12.0 Å². The van der Waals surface area contributed by atoms with Crippen LogP contribution in [-0.2, 0) is 6.54 Å². The molecule has 1 atom stereocenters. The summed E-state index contributed by atoms with van der Waals surface area (Å²) >= 11 is 0. The van der Waals surface area contributed by atoms with Gasteiger partial charge >= 0.3 is 0 Å². The Morgan fingerprint density at radius 3 is 2.75 bits per heavy atom. The van der Waals surface area contributed by atoms with Gasteiger partial charge in [0.25, 0.3) is 0 Å². The maximum Gasteiger partial charge on any atom is 0.123 e. The fourth-order valence-corrected chi connectivity index (χ4v) is 2.22. The van der Waals surface area contributed by atoms with E-state index in [1.54, 1.807) is 0 Å². The molecule has 1 heterocycles. The minimum absolute atomic E-state index is 0.166. The van der Waals surface area contributed by atoms with Crippen molar-refractivity contribution >= 4 is 0 Å². The third-order valence-electron chi connectivity index (χ3n) is 3.16. The van der Waals surface area contributed by atoms with Gasteiger partial charge in [0.05, 0.1) is 0 Å². The predicted molar refractivity (Wildman–Crippen MR) is 63.7 cm³/mol. The molecule has 0 aromatic heterocycles. The van der Waals surface area contributed by atoms with Gasteiger partial charge in [-0.2, -0.15) is 0 Å². The summed E-state index contributed by atoms with van der Waals surface area (Å²) in [6.07, 6.45) is 1.28. The molecule has 0 radical (unpaired) electrons. The largest absolute Gasteiger partial charge is 0.312 e. The van der Waals surface area contributed by atoms with Gasteiger partial charge in [-0.05, 0) is 50.2 Å². The molecular formula is C13H19FN2. The lowest BCUT2D eigenvalue weighted by Gasteiger charge is -2.11. The minimum Gasteiger partial charge on any atom is -0.312 e. The van der Waals surface area contributed by atoms with E-state index in [1.165, 1.54) is 31.6 Å². The smallest absolute Gasteiger partial charge is 0.123 e. The molecule has 1 aromatic carbocycles. The van der Waals surface area contributed by atoms with E-state index < -0.39 is 0 Å². The first-order valence-electron chi connectivity index (χ1n) is 5.88. The molecule has 2 nitrogen and oxygen atoms in total. The van der Waals surface area contributed by atoms with Crippen molar-refractivity contribution in [3.8, 4) is 0 Å². The third-order valence-corrected chi connectivity index (χ3v) is 3.16. The Morgan fingerprint density at radius 2 is 2.12 bits per heavy atom. The molecule has 0 unspecified atom stereocenters. The highest BCUT2D eigenvalue weighted by atomic mass is 19.1. The Kier molecular flexibility index (Phi) is 3.91. The van der Waals surface area contributed by atoms with Gasteiger partial charge in [0.1, 0.15) is 5.82 Å². The normalized spacial score (nSPS) is 21.5. The molecule has 2 rings (SSSR count). The van der Waals surface area contributed by atoms with Gasteiger partial charge in [0, 0.05) is 13.1 Å². The number of halogens is 1. The van der Waals surface area contributed by atoms with Crippen molar-refractivity contribution in [2.45, 2.75) is 13.0 Å². The first-order chi connectivity index (χ1) is 7.74. The van der Waals surface area contributed by atoms with Crippen molar-refractivity contribution in [1.29, 1.82) is 0 Å². The van der Waals surface area contributed by atoms with E-state index in [2.05, 4.69) is 17.3 Å². The first-order valence-corrected chi connectivity index (χ1v) is 5.88. The Balaban J connectivity index is 1.70. The molecule has 0 spiro atoms. The van der Waals surface area contributed by atoms with Crippen molar-refractivity contribution in [1.82, 2.24) is 10.2 Å². The van der Waals surface area contributed by atoms with Crippen LogP contribution < -0.4 is 5.32 Å². The molecule has 1 N–H and O–H groups in total. The average Bonchev–Trinajstić information content (AvgIpc) is 2.67. The van der Waals surface area contributed by atoms with Gasteiger partial charge in [-0.15, -0.1) is 0 Å². The molecule has 0 amide bonds. The lowest BCUT2D eigenvalue weighted by molar-refractivity contribution is 0.388. The summed E-state index contributed by atoms with van der Waals surface area (Å²) in [4.78, 5) is 2.37. The van der Waals surface area contributed by atoms with Gasteiger partial charge < -0.3 is 10.2 Å². The number of benzene rings is 1. The third kappa shape index (κ3) is 3.29. The van der Waals surface area contributed by atoms with Crippen LogP contribution in [0.5, 0.6) is 0 Å². The first kappa shape index (κ1) is 11.6. The summed E-state index contributed by atoms with van der Waals surface area (Å²) in [5.74, 6) is 0.603. The van der Waals surface area contributed by atoms with Crippen molar-refractivity contribution in [3.63, 3.8) is 0 Å². The lowest BCUT2D eigenvalue weighted by atomic mass is 10.1. The number of nitrogens with zero attached hydrogens (tertiary/aromatic N) is 1. The standard InChI is InChI=1S/C13H19FN2/c1-16-7-6-12(10-16)9-15-8-11-2-4-13(14)5-3-11/h2-5,12,15H,6-10H2,1H3/t12-/m1/s1. The summed E-state index contributed by atoms with van der Waals surface area (Å²) in [6, 6.07) is 6.70. The van der Waals surface area contributed by atoms with Crippen LogP contribution in [0.2, 0.25) is 0 Å². The monoisotopic (exact) mass is 222 g/mol. The summed E-state index contributed by atoms with van der Waals surface area (Å²) in [7, 11) is 2.17. The predicted octanol–water partition coefficient (Wildman–Crippen LogP) is 1.87. The molecule has 0 bridgehead atoms. The lowest BCUT2D eigenvalue weighted by Crippen LogP contribution is -2.24. The van der Waals surface area contributed by atoms with Crippen LogP contribution in [0.3, 0.4) is 0 Å². The highest BCUT2D eigenvalue weighted by molar-refractivity contribution is 5.15. The van der Waals surface area contributed by atoms with Gasteiger partial charge in [0.2, 0.25) is 0 Å². The molecule has 16 heavy (non-hydrogen) atoms. The molecule has 3 heteroatoms. The quantitative estimate of drug-likeness (QED) is 0.836. The SMILES string of the molecule is CN1CC[C@H](CNCc2ccc(F)cc2)C1. The van der Waals surface area contributed by atoms with E-state index in [9.17, 15) is 4.39 Å². The molecule has 1 aliphatic rings. The van der Waals surface area contributed by atoms with Crippen LogP contribution in [0.15, 0.2) is 24.3 Å². The van der Waals surface area contributed by atoms with Crippen LogP contribution in [0.25, 0.3) is 0 Å². The van der Waals surface area contributed by atoms with Crippen LogP contribution in [0.4, 0.5) is 4.39 Å². The number of rotatable bonds is 4. The highest BCUT2D eigenvalue weighted by Crippen LogP contribution is 2.13. The molecule has 1 aliphatic heterocycles. The Labute approximate surface area is 96.5 Å². The topological polar surface area (TPSA) is 15.3 Å².